The highest BCUT2D eigenvalue weighted by atomic mass is 32.2. The van der Waals surface area contributed by atoms with Crippen LogP contribution in [-0.4, -0.2) is 17.9 Å². The van der Waals surface area contributed by atoms with E-state index in [0.717, 1.165) is 9.79 Å². The van der Waals surface area contributed by atoms with E-state index >= 15 is 0 Å². The third-order valence-corrected chi connectivity index (χ3v) is 3.64. The number of nitro benzene ring substituents is 1. The number of nitrogens with zero attached hydrogens (tertiary/aromatic N) is 1. The Labute approximate surface area is 120 Å². The molecule has 2 aromatic rings. The van der Waals surface area contributed by atoms with Crippen LogP contribution in [0.2, 0.25) is 0 Å². The van der Waals surface area contributed by atoms with Crippen molar-refractivity contribution in [1.82, 2.24) is 5.32 Å². The van der Waals surface area contributed by atoms with Gasteiger partial charge in [0.1, 0.15) is 0 Å². The lowest BCUT2D eigenvalue weighted by molar-refractivity contribution is -0.384. The van der Waals surface area contributed by atoms with Crippen LogP contribution in [0.25, 0.3) is 0 Å². The van der Waals surface area contributed by atoms with Crippen molar-refractivity contribution < 1.29 is 9.72 Å². The average Bonchev–Trinajstić information content (AvgIpc) is 2.48. The normalized spacial score (nSPS) is 10.1. The molecule has 0 saturated heterocycles. The van der Waals surface area contributed by atoms with Gasteiger partial charge in [-0.3, -0.25) is 14.9 Å². The summed E-state index contributed by atoms with van der Waals surface area (Å²) < 4.78 is 0. The maximum absolute atomic E-state index is 11.4. The molecule has 0 fully saturated rings. The van der Waals surface area contributed by atoms with E-state index in [1.165, 1.54) is 23.9 Å². The van der Waals surface area contributed by atoms with Crippen LogP contribution in [0.3, 0.4) is 0 Å². The molecule has 0 aliphatic rings. The molecule has 2 rings (SSSR count). The van der Waals surface area contributed by atoms with E-state index in [2.05, 4.69) is 5.32 Å². The molecule has 0 spiro atoms. The molecule has 102 valence electrons. The van der Waals surface area contributed by atoms with E-state index < -0.39 is 4.92 Å². The van der Waals surface area contributed by atoms with E-state index in [1.807, 2.05) is 12.1 Å². The third-order valence-electron chi connectivity index (χ3n) is 2.63. The van der Waals surface area contributed by atoms with Gasteiger partial charge in [0, 0.05) is 34.5 Å². The molecule has 1 amide bonds. The van der Waals surface area contributed by atoms with Crippen molar-refractivity contribution in [2.45, 2.75) is 9.79 Å². The molecule has 20 heavy (non-hydrogen) atoms. The van der Waals surface area contributed by atoms with Crippen molar-refractivity contribution in [3.05, 3.63) is 64.2 Å². The summed E-state index contributed by atoms with van der Waals surface area (Å²) in [4.78, 5) is 23.4. The number of hydrogen-bond acceptors (Lipinski definition) is 4. The molecule has 0 heterocycles. The fourth-order valence-electron chi connectivity index (χ4n) is 1.59. The molecule has 0 aromatic heterocycles. The Balaban J connectivity index is 2.10. The maximum Gasteiger partial charge on any atom is 0.269 e. The van der Waals surface area contributed by atoms with Gasteiger partial charge in [-0.05, 0) is 36.4 Å². The van der Waals surface area contributed by atoms with Gasteiger partial charge in [-0.15, -0.1) is 0 Å². The van der Waals surface area contributed by atoms with Crippen molar-refractivity contribution in [2.75, 3.05) is 7.05 Å². The van der Waals surface area contributed by atoms with Crippen LogP contribution in [0, 0.1) is 10.1 Å². The molecule has 0 bridgehead atoms. The lowest BCUT2D eigenvalue weighted by Crippen LogP contribution is -2.17. The molecular formula is C14H12N2O3S. The first-order chi connectivity index (χ1) is 9.60. The number of carbonyl (C=O) groups is 1. The summed E-state index contributed by atoms with van der Waals surface area (Å²) in [5.74, 6) is -0.128. The lowest BCUT2D eigenvalue weighted by atomic mass is 10.2. The van der Waals surface area contributed by atoms with Crippen LogP contribution >= 0.6 is 11.8 Å². The van der Waals surface area contributed by atoms with Gasteiger partial charge in [0.2, 0.25) is 0 Å². The zero-order valence-electron chi connectivity index (χ0n) is 10.7. The molecule has 0 radical (unpaired) electrons. The van der Waals surface area contributed by atoms with Gasteiger partial charge in [0.25, 0.3) is 11.6 Å². The molecule has 0 saturated carbocycles. The number of hydrogen-bond donors (Lipinski definition) is 1. The Bertz CT molecular complexity index is 624. The predicted molar refractivity (Wildman–Crippen MR) is 77.1 cm³/mol. The average molecular weight is 288 g/mol. The fraction of sp³-hybridized carbons (Fsp3) is 0.0714. The van der Waals surface area contributed by atoms with Gasteiger partial charge in [-0.1, -0.05) is 11.8 Å². The maximum atomic E-state index is 11.4. The zero-order valence-corrected chi connectivity index (χ0v) is 11.5. The minimum atomic E-state index is -0.424. The number of nitro groups is 1. The number of benzene rings is 2. The number of carbonyl (C=O) groups excluding carboxylic acids is 1. The summed E-state index contributed by atoms with van der Waals surface area (Å²) in [6.45, 7) is 0. The quantitative estimate of drug-likeness (QED) is 0.693. The Kier molecular flexibility index (Phi) is 4.37. The molecular weight excluding hydrogens is 276 g/mol. The molecule has 0 atom stereocenters. The monoisotopic (exact) mass is 288 g/mol. The van der Waals surface area contributed by atoms with Crippen LogP contribution in [0.1, 0.15) is 10.4 Å². The molecule has 0 aliphatic carbocycles. The van der Waals surface area contributed by atoms with E-state index in [-0.39, 0.29) is 11.6 Å². The van der Waals surface area contributed by atoms with Gasteiger partial charge in [0.15, 0.2) is 0 Å². The number of amides is 1. The summed E-state index contributed by atoms with van der Waals surface area (Å²) in [5, 5.41) is 13.1. The van der Waals surface area contributed by atoms with Crippen molar-refractivity contribution >= 4 is 23.4 Å². The van der Waals surface area contributed by atoms with Gasteiger partial charge >= 0.3 is 0 Å². The first kappa shape index (κ1) is 14.1. The first-order valence-corrected chi connectivity index (χ1v) is 6.66. The first-order valence-electron chi connectivity index (χ1n) is 5.84. The van der Waals surface area contributed by atoms with E-state index in [0.29, 0.717) is 5.56 Å². The highest BCUT2D eigenvalue weighted by Gasteiger charge is 2.06. The van der Waals surface area contributed by atoms with Crippen LogP contribution in [-0.2, 0) is 0 Å². The van der Waals surface area contributed by atoms with Crippen LogP contribution in [0.5, 0.6) is 0 Å². The second-order valence-electron chi connectivity index (χ2n) is 3.96. The molecule has 0 aliphatic heterocycles. The summed E-state index contributed by atoms with van der Waals surface area (Å²) in [6.07, 6.45) is 0. The van der Waals surface area contributed by atoms with Crippen LogP contribution in [0.15, 0.2) is 58.3 Å². The third kappa shape index (κ3) is 3.36. The number of non-ortho nitro benzene ring substituents is 1. The standard InChI is InChI=1S/C14H12N2O3S/c1-15-14(17)10-2-6-12(7-3-10)20-13-8-4-11(5-9-13)16(18)19/h2-9H,1H3,(H,15,17). The topological polar surface area (TPSA) is 72.2 Å². The minimum Gasteiger partial charge on any atom is -0.355 e. The molecule has 2 aromatic carbocycles. The second-order valence-corrected chi connectivity index (χ2v) is 5.10. The van der Waals surface area contributed by atoms with Crippen LogP contribution < -0.4 is 5.32 Å². The van der Waals surface area contributed by atoms with Crippen LogP contribution in [0.4, 0.5) is 5.69 Å². The summed E-state index contributed by atoms with van der Waals surface area (Å²) in [6, 6.07) is 13.5. The SMILES string of the molecule is CNC(=O)c1ccc(Sc2ccc([N+](=O)[O-])cc2)cc1. The molecule has 5 nitrogen and oxygen atoms in total. The number of nitrogens with one attached hydrogen (secondary N) is 1. The lowest BCUT2D eigenvalue weighted by Gasteiger charge is -2.03. The second kappa shape index (κ2) is 6.21. The summed E-state index contributed by atoms with van der Waals surface area (Å²) >= 11 is 1.48. The van der Waals surface area contributed by atoms with Crippen molar-refractivity contribution in [3.63, 3.8) is 0 Å². The largest absolute Gasteiger partial charge is 0.355 e. The molecule has 6 heteroatoms. The number of rotatable bonds is 4. The van der Waals surface area contributed by atoms with Crippen molar-refractivity contribution in [1.29, 1.82) is 0 Å². The van der Waals surface area contributed by atoms with E-state index in [1.54, 1.807) is 31.3 Å². The smallest absolute Gasteiger partial charge is 0.269 e. The van der Waals surface area contributed by atoms with Crippen molar-refractivity contribution in [2.24, 2.45) is 0 Å². The highest BCUT2D eigenvalue weighted by molar-refractivity contribution is 7.99. The van der Waals surface area contributed by atoms with Gasteiger partial charge < -0.3 is 5.32 Å². The van der Waals surface area contributed by atoms with Gasteiger partial charge in [-0.25, -0.2) is 0 Å². The fourth-order valence-corrected chi connectivity index (χ4v) is 2.41. The Morgan fingerprint density at radius 1 is 1.05 bits per heavy atom. The van der Waals surface area contributed by atoms with Gasteiger partial charge in [-0.2, -0.15) is 0 Å². The Morgan fingerprint density at radius 2 is 1.55 bits per heavy atom. The highest BCUT2D eigenvalue weighted by Crippen LogP contribution is 2.29. The molecule has 1 N–H and O–H groups in total. The Hall–Kier alpha value is -2.34. The predicted octanol–water partition coefficient (Wildman–Crippen LogP) is 3.11. The minimum absolute atomic E-state index is 0.0734. The Morgan fingerprint density at radius 3 is 2.00 bits per heavy atom. The summed E-state index contributed by atoms with van der Waals surface area (Å²) in [7, 11) is 1.59. The van der Waals surface area contributed by atoms with Crippen molar-refractivity contribution in [3.8, 4) is 0 Å². The van der Waals surface area contributed by atoms with Gasteiger partial charge in [0.05, 0.1) is 4.92 Å². The summed E-state index contributed by atoms with van der Waals surface area (Å²) in [5.41, 5.74) is 0.671. The van der Waals surface area contributed by atoms with E-state index in [9.17, 15) is 14.9 Å². The molecule has 0 unspecified atom stereocenters. The van der Waals surface area contributed by atoms with E-state index in [4.69, 9.17) is 0 Å². The zero-order chi connectivity index (χ0) is 14.5.